The molecule has 0 amide bonds. The van der Waals surface area contributed by atoms with Crippen molar-refractivity contribution in [3.05, 3.63) is 64.7 Å². The number of rotatable bonds is 2. The van der Waals surface area contributed by atoms with Crippen molar-refractivity contribution in [2.24, 2.45) is 11.8 Å². The van der Waals surface area contributed by atoms with Gasteiger partial charge >= 0.3 is 0 Å². The zero-order valence-corrected chi connectivity index (χ0v) is 16.8. The maximum absolute atomic E-state index is 3.50. The van der Waals surface area contributed by atoms with Crippen LogP contribution in [0.2, 0.25) is 0 Å². The fourth-order valence-corrected chi connectivity index (χ4v) is 6.26. The van der Waals surface area contributed by atoms with Gasteiger partial charge in [-0.2, -0.15) is 0 Å². The largest absolute Gasteiger partial charge is 0.317 e. The molecule has 1 saturated heterocycles. The summed E-state index contributed by atoms with van der Waals surface area (Å²) in [6.45, 7) is 2.33. The maximum Gasteiger partial charge on any atom is -0.00431 e. The fourth-order valence-electron chi connectivity index (χ4n) is 6.26. The first-order chi connectivity index (χ1) is 13.9. The second kappa shape index (κ2) is 6.88. The minimum atomic E-state index is 0.736. The van der Waals surface area contributed by atoms with E-state index in [2.05, 4.69) is 47.8 Å². The average Bonchev–Trinajstić information content (AvgIpc) is 2.73. The first-order valence-corrected chi connectivity index (χ1v) is 11.5. The fraction of sp³-hybridized carbons (Fsp3) is 0.481. The van der Waals surface area contributed by atoms with Gasteiger partial charge in [0.1, 0.15) is 0 Å². The van der Waals surface area contributed by atoms with E-state index in [9.17, 15) is 0 Å². The molecule has 28 heavy (non-hydrogen) atoms. The van der Waals surface area contributed by atoms with E-state index < -0.39 is 0 Å². The molecule has 144 valence electrons. The zero-order valence-electron chi connectivity index (χ0n) is 16.8. The summed E-state index contributed by atoms with van der Waals surface area (Å²) < 4.78 is 0. The third kappa shape index (κ3) is 2.70. The molecule has 1 saturated carbocycles. The Kier molecular flexibility index (Phi) is 4.19. The number of hydrogen-bond acceptors (Lipinski definition) is 1. The van der Waals surface area contributed by atoms with Gasteiger partial charge in [-0.15, -0.1) is 0 Å². The van der Waals surface area contributed by atoms with Crippen LogP contribution >= 0.6 is 0 Å². The summed E-state index contributed by atoms with van der Waals surface area (Å²) in [6.07, 6.45) is 15.6. The molecule has 1 heterocycles. The minimum absolute atomic E-state index is 0.736. The van der Waals surface area contributed by atoms with Crippen molar-refractivity contribution in [3.63, 3.8) is 0 Å². The van der Waals surface area contributed by atoms with E-state index >= 15 is 0 Å². The van der Waals surface area contributed by atoms with Crippen LogP contribution < -0.4 is 5.32 Å². The third-order valence-electron chi connectivity index (χ3n) is 8.06. The Balaban J connectivity index is 1.45. The van der Waals surface area contributed by atoms with Crippen LogP contribution in [0.1, 0.15) is 67.6 Å². The molecule has 2 aromatic carbocycles. The monoisotopic (exact) mass is 369 g/mol. The SMILES string of the molecule is C1=CC2=C(CC1)C(C1CCC1)Cc1c2ccc2cc(C3CCNCC3)ccc12. The predicted molar refractivity (Wildman–Crippen MR) is 119 cm³/mol. The minimum Gasteiger partial charge on any atom is -0.317 e. The lowest BCUT2D eigenvalue weighted by atomic mass is 9.64. The van der Waals surface area contributed by atoms with Gasteiger partial charge in [-0.05, 0) is 109 Å². The van der Waals surface area contributed by atoms with Crippen LogP contribution in [0.5, 0.6) is 0 Å². The van der Waals surface area contributed by atoms with Gasteiger partial charge in [0.15, 0.2) is 0 Å². The van der Waals surface area contributed by atoms with Crippen LogP contribution in [-0.4, -0.2) is 13.1 Å². The molecule has 1 aliphatic heterocycles. The Morgan fingerprint density at radius 1 is 0.929 bits per heavy atom. The van der Waals surface area contributed by atoms with Crippen molar-refractivity contribution in [3.8, 4) is 0 Å². The molecule has 0 bridgehead atoms. The van der Waals surface area contributed by atoms with E-state index in [1.807, 2.05) is 0 Å². The van der Waals surface area contributed by atoms with E-state index in [0.717, 1.165) is 17.8 Å². The lowest BCUT2D eigenvalue weighted by molar-refractivity contribution is 0.227. The Morgan fingerprint density at radius 2 is 1.82 bits per heavy atom. The number of allylic oxidation sites excluding steroid dienone is 4. The zero-order chi connectivity index (χ0) is 18.5. The van der Waals surface area contributed by atoms with Crippen molar-refractivity contribution < 1.29 is 0 Å². The Labute approximate surface area is 168 Å². The molecule has 4 aliphatic rings. The highest BCUT2D eigenvalue weighted by Gasteiger charge is 2.35. The highest BCUT2D eigenvalue weighted by molar-refractivity contribution is 5.94. The Morgan fingerprint density at radius 3 is 2.64 bits per heavy atom. The summed E-state index contributed by atoms with van der Waals surface area (Å²) in [5.74, 6) is 2.48. The summed E-state index contributed by atoms with van der Waals surface area (Å²) in [6, 6.07) is 12.2. The number of benzene rings is 2. The summed E-state index contributed by atoms with van der Waals surface area (Å²) in [7, 11) is 0. The number of piperidine rings is 1. The van der Waals surface area contributed by atoms with Crippen LogP contribution in [-0.2, 0) is 6.42 Å². The normalized spacial score (nSPS) is 25.5. The van der Waals surface area contributed by atoms with Gasteiger partial charge in [0.25, 0.3) is 0 Å². The summed E-state index contributed by atoms with van der Waals surface area (Å²) >= 11 is 0. The maximum atomic E-state index is 3.50. The van der Waals surface area contributed by atoms with Gasteiger partial charge in [-0.1, -0.05) is 54.5 Å². The van der Waals surface area contributed by atoms with Gasteiger partial charge < -0.3 is 5.32 Å². The molecule has 2 aromatic rings. The Bertz CT molecular complexity index is 969. The molecule has 1 atom stereocenters. The number of hydrogen-bond donors (Lipinski definition) is 1. The first kappa shape index (κ1) is 17.0. The van der Waals surface area contributed by atoms with E-state index in [-0.39, 0.29) is 0 Å². The number of nitrogens with one attached hydrogen (secondary N) is 1. The van der Waals surface area contributed by atoms with Gasteiger partial charge in [0, 0.05) is 0 Å². The molecule has 1 heteroatoms. The molecular weight excluding hydrogens is 338 g/mol. The van der Waals surface area contributed by atoms with Gasteiger partial charge in [-0.25, -0.2) is 0 Å². The topological polar surface area (TPSA) is 12.0 Å². The summed E-state index contributed by atoms with van der Waals surface area (Å²) in [5.41, 5.74) is 8.08. The van der Waals surface area contributed by atoms with Crippen molar-refractivity contribution in [2.45, 2.75) is 57.3 Å². The molecule has 2 fully saturated rings. The van der Waals surface area contributed by atoms with E-state index in [1.54, 1.807) is 22.3 Å². The van der Waals surface area contributed by atoms with Crippen LogP contribution in [0.3, 0.4) is 0 Å². The molecule has 0 aromatic heterocycles. The first-order valence-electron chi connectivity index (χ1n) is 11.5. The van der Waals surface area contributed by atoms with Crippen molar-refractivity contribution in [1.82, 2.24) is 5.32 Å². The molecule has 0 spiro atoms. The molecule has 1 nitrogen and oxygen atoms in total. The predicted octanol–water partition coefficient (Wildman–Crippen LogP) is 6.38. The van der Waals surface area contributed by atoms with E-state index in [1.165, 1.54) is 80.8 Å². The molecule has 1 unspecified atom stereocenters. The number of fused-ring (bicyclic) bond motifs is 4. The molecule has 3 aliphatic carbocycles. The lowest BCUT2D eigenvalue weighted by Crippen LogP contribution is -2.29. The second-order valence-corrected chi connectivity index (χ2v) is 9.48. The van der Waals surface area contributed by atoms with Gasteiger partial charge in [0.2, 0.25) is 0 Å². The molecule has 6 rings (SSSR count). The van der Waals surface area contributed by atoms with E-state index in [4.69, 9.17) is 0 Å². The highest BCUT2D eigenvalue weighted by Crippen LogP contribution is 2.49. The van der Waals surface area contributed by atoms with Crippen molar-refractivity contribution in [2.75, 3.05) is 13.1 Å². The van der Waals surface area contributed by atoms with Crippen LogP contribution in [0.15, 0.2) is 48.1 Å². The molecular formula is C27H31N. The van der Waals surface area contributed by atoms with Gasteiger partial charge in [0.05, 0.1) is 0 Å². The van der Waals surface area contributed by atoms with Crippen LogP contribution in [0.4, 0.5) is 0 Å². The lowest BCUT2D eigenvalue weighted by Gasteiger charge is -2.41. The Hall–Kier alpha value is -1.86. The highest BCUT2D eigenvalue weighted by atomic mass is 14.9. The van der Waals surface area contributed by atoms with Gasteiger partial charge in [-0.3, -0.25) is 0 Å². The smallest absolute Gasteiger partial charge is 0.00431 e. The van der Waals surface area contributed by atoms with Crippen molar-refractivity contribution in [1.29, 1.82) is 0 Å². The molecule has 0 radical (unpaired) electrons. The van der Waals surface area contributed by atoms with Crippen molar-refractivity contribution >= 4 is 16.3 Å². The third-order valence-corrected chi connectivity index (χ3v) is 8.06. The second-order valence-electron chi connectivity index (χ2n) is 9.48. The summed E-state index contributed by atoms with van der Waals surface area (Å²) in [4.78, 5) is 0. The average molecular weight is 370 g/mol. The quantitative estimate of drug-likeness (QED) is 0.647. The summed E-state index contributed by atoms with van der Waals surface area (Å²) in [5, 5.41) is 6.49. The molecule has 1 N–H and O–H groups in total. The van der Waals surface area contributed by atoms with E-state index in [0.29, 0.717) is 0 Å². The van der Waals surface area contributed by atoms with Crippen LogP contribution in [0.25, 0.3) is 16.3 Å². The standard InChI is InChI=1S/C27H31N/c1-2-7-24-23(6-1)25-11-9-21-16-20(18-12-14-28-15-13-18)8-10-22(21)27(25)17-26(24)19-4-3-5-19/h1,6,8-11,16,18-19,26,28H,2-5,7,12-15,17H2. The van der Waals surface area contributed by atoms with Crippen LogP contribution in [0, 0.1) is 11.8 Å².